The fourth-order valence-electron chi connectivity index (χ4n) is 3.31. The van der Waals surface area contributed by atoms with Gasteiger partial charge in [-0.2, -0.15) is 4.98 Å². The zero-order chi connectivity index (χ0) is 22.1. The number of hydrogen-bond acceptors (Lipinski definition) is 7. The molecule has 0 aliphatic heterocycles. The van der Waals surface area contributed by atoms with Gasteiger partial charge in [0.15, 0.2) is 5.16 Å². The number of nitrogens with zero attached hydrogens (tertiary/aromatic N) is 4. The minimum atomic E-state index is -0.363. The number of halogens is 1. The van der Waals surface area contributed by atoms with Gasteiger partial charge in [0.05, 0.1) is 11.3 Å². The fraction of sp³-hybridized carbons (Fsp3) is 0.130. The highest BCUT2D eigenvalue weighted by Gasteiger charge is 2.16. The molecule has 0 amide bonds. The summed E-state index contributed by atoms with van der Waals surface area (Å²) in [7, 11) is 0. The molecule has 5 rings (SSSR count). The molecule has 5 aromatic rings. The van der Waals surface area contributed by atoms with Crippen LogP contribution in [0.15, 0.2) is 75.1 Å². The van der Waals surface area contributed by atoms with Crippen molar-refractivity contribution in [1.82, 2.24) is 19.7 Å². The monoisotopic (exact) mass is 464 g/mol. The molecule has 0 spiro atoms. The van der Waals surface area contributed by atoms with Crippen LogP contribution in [0.4, 0.5) is 4.39 Å². The minimum absolute atomic E-state index is 0.0573. The van der Waals surface area contributed by atoms with Gasteiger partial charge in [-0.1, -0.05) is 59.4 Å². The molecular weight excluding hydrogens is 447 g/mol. The zero-order valence-electron chi connectivity index (χ0n) is 17.0. The summed E-state index contributed by atoms with van der Waals surface area (Å²) in [6.07, 6.45) is 0. The largest absolute Gasteiger partial charge is 0.338 e. The number of rotatable bonds is 6. The lowest BCUT2D eigenvalue weighted by atomic mass is 10.2. The smallest absolute Gasteiger partial charge is 0.272 e. The summed E-state index contributed by atoms with van der Waals surface area (Å²) in [5, 5.41) is 4.52. The highest BCUT2D eigenvalue weighted by atomic mass is 32.2. The maximum absolute atomic E-state index is 13.5. The van der Waals surface area contributed by atoms with E-state index in [1.54, 1.807) is 16.7 Å². The number of benzene rings is 2. The molecule has 3 heterocycles. The molecule has 6 nitrogen and oxygen atoms in total. The van der Waals surface area contributed by atoms with Crippen molar-refractivity contribution in [2.24, 2.45) is 0 Å². The third-order valence-corrected chi connectivity index (χ3v) is 6.97. The van der Waals surface area contributed by atoms with Crippen molar-refractivity contribution in [2.45, 2.75) is 24.4 Å². The molecule has 0 saturated heterocycles. The van der Waals surface area contributed by atoms with Crippen LogP contribution in [0.2, 0.25) is 0 Å². The van der Waals surface area contributed by atoms with Crippen molar-refractivity contribution in [3.8, 4) is 21.8 Å². The summed E-state index contributed by atoms with van der Waals surface area (Å²) in [6.45, 7) is 2.42. The molecule has 2 aromatic carbocycles. The zero-order valence-corrected chi connectivity index (χ0v) is 18.6. The molecule has 160 valence electrons. The van der Waals surface area contributed by atoms with Gasteiger partial charge in [-0.15, -0.1) is 11.3 Å². The Morgan fingerprint density at radius 1 is 1.06 bits per heavy atom. The van der Waals surface area contributed by atoms with Crippen molar-refractivity contribution >= 4 is 33.3 Å². The molecule has 0 N–H and O–H groups in total. The Hall–Kier alpha value is -3.30. The van der Waals surface area contributed by atoms with E-state index in [1.807, 2.05) is 43.3 Å². The first-order chi connectivity index (χ1) is 15.6. The van der Waals surface area contributed by atoms with Gasteiger partial charge in [-0.3, -0.25) is 9.36 Å². The van der Waals surface area contributed by atoms with Gasteiger partial charge in [0.1, 0.15) is 10.5 Å². The van der Waals surface area contributed by atoms with Crippen molar-refractivity contribution < 1.29 is 8.91 Å². The van der Waals surface area contributed by atoms with E-state index in [9.17, 15) is 9.18 Å². The van der Waals surface area contributed by atoms with Crippen LogP contribution in [0.3, 0.4) is 0 Å². The maximum atomic E-state index is 13.5. The van der Waals surface area contributed by atoms with Crippen LogP contribution in [0.1, 0.15) is 12.8 Å². The van der Waals surface area contributed by atoms with Crippen molar-refractivity contribution in [3.63, 3.8) is 0 Å². The molecule has 0 atom stereocenters. The predicted molar refractivity (Wildman–Crippen MR) is 124 cm³/mol. The highest BCUT2D eigenvalue weighted by molar-refractivity contribution is 7.98. The molecule has 0 aliphatic carbocycles. The van der Waals surface area contributed by atoms with E-state index in [-0.39, 0.29) is 11.4 Å². The molecular formula is C23H17FN4O2S2. The van der Waals surface area contributed by atoms with Gasteiger partial charge in [-0.05, 0) is 30.7 Å². The van der Waals surface area contributed by atoms with Gasteiger partial charge in [0.2, 0.25) is 11.7 Å². The second-order valence-electron chi connectivity index (χ2n) is 6.95. The number of fused-ring (bicyclic) bond motifs is 1. The first-order valence-electron chi connectivity index (χ1n) is 9.93. The van der Waals surface area contributed by atoms with Crippen LogP contribution in [0.5, 0.6) is 0 Å². The van der Waals surface area contributed by atoms with E-state index in [4.69, 9.17) is 9.51 Å². The Balaban J connectivity index is 1.43. The van der Waals surface area contributed by atoms with E-state index in [0.29, 0.717) is 44.9 Å². The van der Waals surface area contributed by atoms with E-state index in [2.05, 4.69) is 10.1 Å². The molecule has 32 heavy (non-hydrogen) atoms. The lowest BCUT2D eigenvalue weighted by Crippen LogP contribution is -2.21. The minimum Gasteiger partial charge on any atom is -0.338 e. The Kier molecular flexibility index (Phi) is 5.59. The summed E-state index contributed by atoms with van der Waals surface area (Å²) < 4.78 is 21.1. The molecule has 0 bridgehead atoms. The van der Waals surface area contributed by atoms with E-state index < -0.39 is 0 Å². The lowest BCUT2D eigenvalue weighted by Gasteiger charge is -2.08. The van der Waals surface area contributed by atoms with Gasteiger partial charge in [0.25, 0.3) is 5.56 Å². The number of thiophene rings is 1. The standard InChI is InChI=1S/C23H17FN4O2S2/c1-2-28-22(29)20-17(12-18(32-20)14-7-4-3-5-8-14)25-23(28)31-13-19-26-21(27-30-19)15-9-6-10-16(24)11-15/h3-12H,2,13H2,1H3. The van der Waals surface area contributed by atoms with Crippen molar-refractivity contribution in [3.05, 3.63) is 82.7 Å². The Bertz CT molecular complexity index is 1460. The maximum Gasteiger partial charge on any atom is 0.272 e. The van der Waals surface area contributed by atoms with Gasteiger partial charge < -0.3 is 4.52 Å². The second-order valence-corrected chi connectivity index (χ2v) is 8.94. The van der Waals surface area contributed by atoms with Crippen LogP contribution in [-0.2, 0) is 12.3 Å². The second kappa shape index (κ2) is 8.68. The summed E-state index contributed by atoms with van der Waals surface area (Å²) in [4.78, 5) is 23.2. The molecule has 0 unspecified atom stereocenters. The van der Waals surface area contributed by atoms with Crippen molar-refractivity contribution in [1.29, 1.82) is 0 Å². The van der Waals surface area contributed by atoms with Crippen LogP contribution in [-0.4, -0.2) is 19.7 Å². The molecule has 9 heteroatoms. The van der Waals surface area contributed by atoms with Crippen LogP contribution < -0.4 is 5.56 Å². The lowest BCUT2D eigenvalue weighted by molar-refractivity contribution is 0.391. The van der Waals surface area contributed by atoms with Crippen molar-refractivity contribution in [2.75, 3.05) is 0 Å². The average Bonchev–Trinajstić information content (AvgIpc) is 3.46. The summed E-state index contributed by atoms with van der Waals surface area (Å²) >= 11 is 2.81. The third-order valence-electron chi connectivity index (χ3n) is 4.85. The summed E-state index contributed by atoms with van der Waals surface area (Å²) in [5.74, 6) is 0.678. The normalized spacial score (nSPS) is 11.3. The van der Waals surface area contributed by atoms with Crippen LogP contribution >= 0.6 is 23.1 Å². The van der Waals surface area contributed by atoms with E-state index in [0.717, 1.165) is 10.4 Å². The third kappa shape index (κ3) is 3.96. The highest BCUT2D eigenvalue weighted by Crippen LogP contribution is 2.32. The SMILES string of the molecule is CCn1c(SCc2nc(-c3cccc(F)c3)no2)nc2cc(-c3ccccc3)sc2c1=O. The predicted octanol–water partition coefficient (Wildman–Crippen LogP) is 5.63. The Morgan fingerprint density at radius 2 is 1.88 bits per heavy atom. The Labute approximate surface area is 190 Å². The number of aromatic nitrogens is 4. The van der Waals surface area contributed by atoms with Crippen LogP contribution in [0.25, 0.3) is 32.0 Å². The molecule has 0 radical (unpaired) electrons. The Morgan fingerprint density at radius 3 is 2.66 bits per heavy atom. The molecule has 0 saturated carbocycles. The topological polar surface area (TPSA) is 73.8 Å². The summed E-state index contributed by atoms with van der Waals surface area (Å²) in [5.41, 5.74) is 2.22. The first kappa shape index (κ1) is 20.6. The fourth-order valence-corrected chi connectivity index (χ4v) is 5.26. The molecule has 0 aliphatic rings. The summed E-state index contributed by atoms with van der Waals surface area (Å²) in [6, 6.07) is 17.9. The number of thioether (sulfide) groups is 1. The van der Waals surface area contributed by atoms with E-state index >= 15 is 0 Å². The number of hydrogen-bond donors (Lipinski definition) is 0. The van der Waals surface area contributed by atoms with Gasteiger partial charge >= 0.3 is 0 Å². The first-order valence-corrected chi connectivity index (χ1v) is 11.7. The van der Waals surface area contributed by atoms with Crippen LogP contribution in [0, 0.1) is 5.82 Å². The quantitative estimate of drug-likeness (QED) is 0.240. The van der Waals surface area contributed by atoms with E-state index in [1.165, 1.54) is 35.2 Å². The van der Waals surface area contributed by atoms with Gasteiger partial charge in [0, 0.05) is 17.0 Å². The average molecular weight is 465 g/mol. The van der Waals surface area contributed by atoms with Gasteiger partial charge in [-0.25, -0.2) is 9.37 Å². The molecule has 3 aromatic heterocycles. The molecule has 0 fully saturated rings.